The van der Waals surface area contributed by atoms with Crippen molar-refractivity contribution >= 4 is 11.6 Å². The van der Waals surface area contributed by atoms with Crippen LogP contribution in [0.15, 0.2) is 24.3 Å². The molecule has 0 spiro atoms. The van der Waals surface area contributed by atoms with E-state index in [0.29, 0.717) is 19.0 Å². The number of nitrogens with one attached hydrogen (secondary N) is 3. The van der Waals surface area contributed by atoms with Crippen molar-refractivity contribution in [2.45, 2.75) is 32.2 Å². The van der Waals surface area contributed by atoms with Gasteiger partial charge in [0.1, 0.15) is 0 Å². The number of likely N-dealkylation sites (N-methyl/N-ethyl adjacent to an activating group) is 1. The Hall–Kier alpha value is -1.55. The average Bonchev–Trinajstić information content (AvgIpc) is 2.42. The molecule has 0 aromatic heterocycles. The van der Waals surface area contributed by atoms with Gasteiger partial charge in [-0.25, -0.2) is 0 Å². The quantitative estimate of drug-likeness (QED) is 0.753. The maximum Gasteiger partial charge on any atom is 0.224 e. The van der Waals surface area contributed by atoms with E-state index in [1.807, 2.05) is 19.1 Å². The Morgan fingerprint density at radius 1 is 1.26 bits per heavy atom. The number of benzene rings is 1. The van der Waals surface area contributed by atoms with Gasteiger partial charge in [-0.05, 0) is 50.6 Å². The van der Waals surface area contributed by atoms with E-state index in [0.717, 1.165) is 24.3 Å². The Morgan fingerprint density at radius 3 is 2.58 bits per heavy atom. The number of hydrogen-bond acceptors (Lipinski definition) is 3. The smallest absolute Gasteiger partial charge is 0.224 e. The van der Waals surface area contributed by atoms with E-state index in [2.05, 4.69) is 28.1 Å². The lowest BCUT2D eigenvalue weighted by Crippen LogP contribution is -2.35. The van der Waals surface area contributed by atoms with Crippen molar-refractivity contribution < 1.29 is 4.79 Å². The highest BCUT2D eigenvalue weighted by Gasteiger charge is 2.12. The molecule has 0 bridgehead atoms. The summed E-state index contributed by atoms with van der Waals surface area (Å²) < 4.78 is 0. The van der Waals surface area contributed by atoms with Crippen LogP contribution in [-0.2, 0) is 11.2 Å². The number of hydrogen-bond donors (Lipinski definition) is 3. The van der Waals surface area contributed by atoms with Crippen LogP contribution >= 0.6 is 0 Å². The van der Waals surface area contributed by atoms with Crippen molar-refractivity contribution in [1.29, 1.82) is 0 Å². The molecular formula is C15H23N3O. The third-order valence-corrected chi connectivity index (χ3v) is 3.40. The molecule has 0 radical (unpaired) electrons. The minimum absolute atomic E-state index is 0.0848. The Labute approximate surface area is 115 Å². The first-order valence-corrected chi connectivity index (χ1v) is 7.11. The molecule has 3 N–H and O–H groups in total. The molecule has 1 aromatic rings. The predicted molar refractivity (Wildman–Crippen MR) is 78.3 cm³/mol. The summed E-state index contributed by atoms with van der Waals surface area (Å²) in [5.74, 6) is 0.0848. The second-order valence-electron chi connectivity index (χ2n) is 5.00. The fourth-order valence-electron chi connectivity index (χ4n) is 2.37. The SMILES string of the molecule is CCNC(=O)Cc1ccc(NC2CCNCC2)cc1. The minimum atomic E-state index is 0.0848. The van der Waals surface area contributed by atoms with Crippen LogP contribution in [0.3, 0.4) is 0 Å². The van der Waals surface area contributed by atoms with Gasteiger partial charge in [0.15, 0.2) is 0 Å². The van der Waals surface area contributed by atoms with E-state index < -0.39 is 0 Å². The standard InChI is InChI=1S/C15H23N3O/c1-2-17-15(19)11-12-3-5-13(6-4-12)18-14-7-9-16-10-8-14/h3-6,14,16,18H,2,7-11H2,1H3,(H,17,19). The lowest BCUT2D eigenvalue weighted by molar-refractivity contribution is -0.120. The van der Waals surface area contributed by atoms with Crippen LogP contribution in [0.25, 0.3) is 0 Å². The summed E-state index contributed by atoms with van der Waals surface area (Å²) in [4.78, 5) is 11.5. The molecule has 4 heteroatoms. The Morgan fingerprint density at radius 2 is 1.95 bits per heavy atom. The number of carbonyl (C=O) groups excluding carboxylic acids is 1. The van der Waals surface area contributed by atoms with E-state index in [1.165, 1.54) is 12.8 Å². The van der Waals surface area contributed by atoms with Gasteiger partial charge in [-0.2, -0.15) is 0 Å². The van der Waals surface area contributed by atoms with Gasteiger partial charge in [-0.1, -0.05) is 12.1 Å². The Bertz CT molecular complexity index is 396. The Kier molecular flexibility index (Phi) is 5.21. The molecule has 1 saturated heterocycles. The van der Waals surface area contributed by atoms with Crippen molar-refractivity contribution in [3.63, 3.8) is 0 Å². The first-order chi connectivity index (χ1) is 9.28. The molecule has 1 aliphatic rings. The zero-order valence-corrected chi connectivity index (χ0v) is 11.5. The van der Waals surface area contributed by atoms with E-state index in [4.69, 9.17) is 0 Å². The fourth-order valence-corrected chi connectivity index (χ4v) is 2.37. The summed E-state index contributed by atoms with van der Waals surface area (Å²) >= 11 is 0. The van der Waals surface area contributed by atoms with Crippen molar-refractivity contribution in [3.8, 4) is 0 Å². The van der Waals surface area contributed by atoms with Gasteiger partial charge >= 0.3 is 0 Å². The van der Waals surface area contributed by atoms with Gasteiger partial charge in [-0.3, -0.25) is 4.79 Å². The highest BCUT2D eigenvalue weighted by Crippen LogP contribution is 2.14. The summed E-state index contributed by atoms with van der Waals surface area (Å²) in [6.45, 7) is 4.80. The first-order valence-electron chi connectivity index (χ1n) is 7.11. The third-order valence-electron chi connectivity index (χ3n) is 3.40. The summed E-state index contributed by atoms with van der Waals surface area (Å²) in [6, 6.07) is 8.75. The molecule has 0 aliphatic carbocycles. The van der Waals surface area contributed by atoms with Crippen molar-refractivity contribution in [2.24, 2.45) is 0 Å². The molecular weight excluding hydrogens is 238 g/mol. The summed E-state index contributed by atoms with van der Waals surface area (Å²) in [5.41, 5.74) is 2.20. The molecule has 0 saturated carbocycles. The maximum atomic E-state index is 11.5. The van der Waals surface area contributed by atoms with Gasteiger partial charge in [0.2, 0.25) is 5.91 Å². The molecule has 0 unspecified atom stereocenters. The van der Waals surface area contributed by atoms with Crippen LogP contribution in [0.1, 0.15) is 25.3 Å². The van der Waals surface area contributed by atoms with Gasteiger partial charge in [0, 0.05) is 18.3 Å². The number of carbonyl (C=O) groups is 1. The molecule has 104 valence electrons. The minimum Gasteiger partial charge on any atom is -0.382 e. The lowest BCUT2D eigenvalue weighted by Gasteiger charge is -2.24. The number of piperidine rings is 1. The topological polar surface area (TPSA) is 53.2 Å². The van der Waals surface area contributed by atoms with Crippen molar-refractivity contribution in [2.75, 3.05) is 25.0 Å². The third kappa shape index (κ3) is 4.56. The van der Waals surface area contributed by atoms with Crippen LogP contribution in [0, 0.1) is 0 Å². The zero-order valence-electron chi connectivity index (χ0n) is 11.5. The molecule has 1 aliphatic heterocycles. The summed E-state index contributed by atoms with van der Waals surface area (Å²) in [7, 11) is 0. The van der Waals surface area contributed by atoms with Gasteiger partial charge in [-0.15, -0.1) is 0 Å². The fraction of sp³-hybridized carbons (Fsp3) is 0.533. The lowest BCUT2D eigenvalue weighted by atomic mass is 10.1. The van der Waals surface area contributed by atoms with E-state index in [9.17, 15) is 4.79 Å². The second-order valence-corrected chi connectivity index (χ2v) is 5.00. The van der Waals surface area contributed by atoms with Gasteiger partial charge < -0.3 is 16.0 Å². The van der Waals surface area contributed by atoms with Crippen LogP contribution in [0.5, 0.6) is 0 Å². The van der Waals surface area contributed by atoms with Crippen LogP contribution < -0.4 is 16.0 Å². The van der Waals surface area contributed by atoms with Crippen LogP contribution in [0.2, 0.25) is 0 Å². The normalized spacial score (nSPS) is 16.1. The zero-order chi connectivity index (χ0) is 13.5. The molecule has 2 rings (SSSR count). The van der Waals surface area contributed by atoms with Gasteiger partial charge in [0.25, 0.3) is 0 Å². The summed E-state index contributed by atoms with van der Waals surface area (Å²) in [6.07, 6.45) is 2.79. The second kappa shape index (κ2) is 7.14. The predicted octanol–water partition coefficient (Wildman–Crippen LogP) is 1.53. The molecule has 1 fully saturated rings. The van der Waals surface area contributed by atoms with E-state index in [1.54, 1.807) is 0 Å². The highest BCUT2D eigenvalue weighted by atomic mass is 16.1. The number of rotatable bonds is 5. The Balaban J connectivity index is 1.85. The average molecular weight is 261 g/mol. The monoisotopic (exact) mass is 261 g/mol. The number of amides is 1. The number of anilines is 1. The maximum absolute atomic E-state index is 11.5. The molecule has 0 atom stereocenters. The first kappa shape index (κ1) is 13.9. The van der Waals surface area contributed by atoms with Crippen LogP contribution in [-0.4, -0.2) is 31.6 Å². The van der Waals surface area contributed by atoms with Gasteiger partial charge in [0.05, 0.1) is 6.42 Å². The molecule has 4 nitrogen and oxygen atoms in total. The van der Waals surface area contributed by atoms with E-state index >= 15 is 0 Å². The molecule has 1 amide bonds. The van der Waals surface area contributed by atoms with E-state index in [-0.39, 0.29) is 5.91 Å². The van der Waals surface area contributed by atoms with Crippen LogP contribution in [0.4, 0.5) is 5.69 Å². The summed E-state index contributed by atoms with van der Waals surface area (Å²) in [5, 5.41) is 9.72. The molecule has 19 heavy (non-hydrogen) atoms. The largest absolute Gasteiger partial charge is 0.382 e. The van der Waals surface area contributed by atoms with Crippen molar-refractivity contribution in [1.82, 2.24) is 10.6 Å². The van der Waals surface area contributed by atoms with Crippen molar-refractivity contribution in [3.05, 3.63) is 29.8 Å². The molecule has 1 aromatic carbocycles. The molecule has 1 heterocycles. The highest BCUT2D eigenvalue weighted by molar-refractivity contribution is 5.78.